The molecule has 3 N–H and O–H groups in total. The molecule has 2 heterocycles. The molecule has 1 fully saturated rings. The number of alkyl halides is 3. The summed E-state index contributed by atoms with van der Waals surface area (Å²) in [5.41, 5.74) is 4.30. The molecule has 2 rings (SSSR count). The van der Waals surface area contributed by atoms with Gasteiger partial charge in [-0.05, 0) is 12.8 Å². The van der Waals surface area contributed by atoms with Crippen molar-refractivity contribution >= 4 is 17.7 Å². The van der Waals surface area contributed by atoms with E-state index in [2.05, 4.69) is 15.3 Å². The summed E-state index contributed by atoms with van der Waals surface area (Å²) in [5.74, 6) is -0.348. The Hall–Kier alpha value is -2.06. The summed E-state index contributed by atoms with van der Waals surface area (Å²) in [6.45, 7) is 2.44. The minimum atomic E-state index is -4.56. The van der Waals surface area contributed by atoms with Gasteiger partial charge >= 0.3 is 6.18 Å². The molecule has 0 saturated carbocycles. The third-order valence-corrected chi connectivity index (χ3v) is 3.25. The van der Waals surface area contributed by atoms with E-state index in [0.717, 1.165) is 6.07 Å². The van der Waals surface area contributed by atoms with Crippen LogP contribution in [0.25, 0.3) is 0 Å². The highest BCUT2D eigenvalue weighted by atomic mass is 19.4. The number of nitrogen functional groups attached to an aromatic ring is 1. The van der Waals surface area contributed by atoms with Gasteiger partial charge < -0.3 is 16.0 Å². The lowest BCUT2D eigenvalue weighted by molar-refractivity contribution is -0.141. The molecule has 0 aromatic carbocycles. The van der Waals surface area contributed by atoms with Crippen LogP contribution in [0.4, 0.5) is 24.9 Å². The highest BCUT2D eigenvalue weighted by Crippen LogP contribution is 2.30. The molecule has 21 heavy (non-hydrogen) atoms. The predicted octanol–water partition coefficient (Wildman–Crippen LogP) is 1.18. The SMILES string of the molecule is CC(=O)NC1CCN(c2cc(C(F)(F)F)nc(N)n2)CC1. The van der Waals surface area contributed by atoms with Crippen LogP contribution in [-0.4, -0.2) is 35.0 Å². The molecule has 9 heteroatoms. The van der Waals surface area contributed by atoms with Gasteiger partial charge in [0.2, 0.25) is 11.9 Å². The highest BCUT2D eigenvalue weighted by molar-refractivity contribution is 5.73. The van der Waals surface area contributed by atoms with Crippen molar-refractivity contribution in [3.63, 3.8) is 0 Å². The van der Waals surface area contributed by atoms with Crippen LogP contribution in [0.2, 0.25) is 0 Å². The average Bonchev–Trinajstić information content (AvgIpc) is 2.37. The van der Waals surface area contributed by atoms with E-state index in [9.17, 15) is 18.0 Å². The lowest BCUT2D eigenvalue weighted by Gasteiger charge is -2.33. The van der Waals surface area contributed by atoms with E-state index < -0.39 is 17.8 Å². The molecule has 1 aromatic rings. The minimum Gasteiger partial charge on any atom is -0.368 e. The Bertz CT molecular complexity index is 526. The molecule has 0 aliphatic carbocycles. The van der Waals surface area contributed by atoms with Gasteiger partial charge in [0.15, 0.2) is 5.69 Å². The van der Waals surface area contributed by atoms with Gasteiger partial charge in [-0.3, -0.25) is 4.79 Å². The van der Waals surface area contributed by atoms with Crippen molar-refractivity contribution in [2.75, 3.05) is 23.7 Å². The molecule has 116 valence electrons. The van der Waals surface area contributed by atoms with Gasteiger partial charge in [0.05, 0.1) is 0 Å². The summed E-state index contributed by atoms with van der Waals surface area (Å²) in [5, 5.41) is 2.80. The first-order valence-electron chi connectivity index (χ1n) is 6.49. The number of hydrogen-bond acceptors (Lipinski definition) is 5. The second-order valence-electron chi connectivity index (χ2n) is 4.93. The van der Waals surface area contributed by atoms with E-state index in [1.807, 2.05) is 0 Å². The lowest BCUT2D eigenvalue weighted by atomic mass is 10.1. The number of amides is 1. The van der Waals surface area contributed by atoms with Crippen LogP contribution >= 0.6 is 0 Å². The van der Waals surface area contributed by atoms with Crippen molar-refractivity contribution in [1.29, 1.82) is 0 Å². The Labute approximate surface area is 119 Å². The lowest BCUT2D eigenvalue weighted by Crippen LogP contribution is -2.44. The van der Waals surface area contributed by atoms with E-state index in [4.69, 9.17) is 5.73 Å². The summed E-state index contributed by atoms with van der Waals surface area (Å²) >= 11 is 0. The van der Waals surface area contributed by atoms with Gasteiger partial charge in [-0.1, -0.05) is 0 Å². The number of nitrogens with one attached hydrogen (secondary N) is 1. The van der Waals surface area contributed by atoms with Crippen molar-refractivity contribution in [3.8, 4) is 0 Å². The zero-order valence-electron chi connectivity index (χ0n) is 11.4. The predicted molar refractivity (Wildman–Crippen MR) is 70.5 cm³/mol. The number of nitrogens with two attached hydrogens (primary N) is 1. The van der Waals surface area contributed by atoms with Gasteiger partial charge in [-0.2, -0.15) is 18.2 Å². The standard InChI is InChI=1S/C12H16F3N5O/c1-7(21)17-8-2-4-20(5-3-8)10-6-9(12(13,14)15)18-11(16)19-10/h6,8H,2-5H2,1H3,(H,17,21)(H2,16,18,19). The molecule has 1 aromatic heterocycles. The van der Waals surface area contributed by atoms with Crippen LogP contribution in [0.1, 0.15) is 25.5 Å². The number of halogens is 3. The molecular formula is C12H16F3N5O. The van der Waals surface area contributed by atoms with Crippen molar-refractivity contribution < 1.29 is 18.0 Å². The molecule has 0 atom stereocenters. The van der Waals surface area contributed by atoms with Crippen molar-refractivity contribution in [1.82, 2.24) is 15.3 Å². The molecule has 0 spiro atoms. The van der Waals surface area contributed by atoms with Crippen LogP contribution in [0.3, 0.4) is 0 Å². The zero-order valence-corrected chi connectivity index (χ0v) is 11.4. The Morgan fingerprint density at radius 1 is 1.38 bits per heavy atom. The summed E-state index contributed by atoms with van der Waals surface area (Å²) in [4.78, 5) is 19.8. The first-order valence-corrected chi connectivity index (χ1v) is 6.49. The van der Waals surface area contributed by atoms with E-state index in [0.29, 0.717) is 25.9 Å². The first-order chi connectivity index (χ1) is 9.75. The normalized spacial score (nSPS) is 16.9. The van der Waals surface area contributed by atoms with Gasteiger partial charge in [0.25, 0.3) is 0 Å². The van der Waals surface area contributed by atoms with Gasteiger partial charge in [-0.25, -0.2) is 4.98 Å². The Morgan fingerprint density at radius 3 is 2.52 bits per heavy atom. The number of piperidine rings is 1. The highest BCUT2D eigenvalue weighted by Gasteiger charge is 2.34. The topological polar surface area (TPSA) is 84.1 Å². The largest absolute Gasteiger partial charge is 0.433 e. The number of hydrogen-bond donors (Lipinski definition) is 2. The summed E-state index contributed by atoms with van der Waals surface area (Å²) in [7, 11) is 0. The average molecular weight is 303 g/mol. The molecular weight excluding hydrogens is 287 g/mol. The van der Waals surface area contributed by atoms with E-state index >= 15 is 0 Å². The number of nitrogens with zero attached hydrogens (tertiary/aromatic N) is 3. The summed E-state index contributed by atoms with van der Waals surface area (Å²) in [6, 6.07) is 0.940. The third kappa shape index (κ3) is 3.96. The van der Waals surface area contributed by atoms with Gasteiger partial charge in [0.1, 0.15) is 5.82 Å². The fraction of sp³-hybridized carbons (Fsp3) is 0.583. The monoisotopic (exact) mass is 303 g/mol. The Morgan fingerprint density at radius 2 is 2.00 bits per heavy atom. The number of carbonyl (C=O) groups is 1. The van der Waals surface area contributed by atoms with E-state index in [1.54, 1.807) is 4.90 Å². The second kappa shape index (κ2) is 5.74. The molecule has 1 aliphatic heterocycles. The molecule has 0 bridgehead atoms. The summed E-state index contributed by atoms with van der Waals surface area (Å²) < 4.78 is 38.1. The van der Waals surface area contributed by atoms with E-state index in [1.165, 1.54) is 6.92 Å². The van der Waals surface area contributed by atoms with Crippen molar-refractivity contribution in [2.24, 2.45) is 0 Å². The molecule has 1 amide bonds. The van der Waals surface area contributed by atoms with Crippen molar-refractivity contribution in [2.45, 2.75) is 32.0 Å². The van der Waals surface area contributed by atoms with Gasteiger partial charge in [0, 0.05) is 32.1 Å². The maximum Gasteiger partial charge on any atom is 0.433 e. The fourth-order valence-corrected chi connectivity index (χ4v) is 2.30. The Kier molecular flexibility index (Phi) is 4.19. The van der Waals surface area contributed by atoms with Crippen LogP contribution in [-0.2, 0) is 11.0 Å². The van der Waals surface area contributed by atoms with E-state index in [-0.39, 0.29) is 17.8 Å². The smallest absolute Gasteiger partial charge is 0.368 e. The third-order valence-electron chi connectivity index (χ3n) is 3.25. The van der Waals surface area contributed by atoms with Crippen molar-refractivity contribution in [3.05, 3.63) is 11.8 Å². The second-order valence-corrected chi connectivity index (χ2v) is 4.93. The molecule has 1 saturated heterocycles. The Balaban J connectivity index is 2.10. The number of aromatic nitrogens is 2. The number of anilines is 2. The molecule has 0 radical (unpaired) electrons. The van der Waals surface area contributed by atoms with Crippen LogP contribution < -0.4 is 16.0 Å². The van der Waals surface area contributed by atoms with Crippen LogP contribution in [0, 0.1) is 0 Å². The van der Waals surface area contributed by atoms with Crippen LogP contribution in [0.5, 0.6) is 0 Å². The molecule has 1 aliphatic rings. The maximum atomic E-state index is 12.7. The summed E-state index contributed by atoms with van der Waals surface area (Å²) in [6.07, 6.45) is -3.27. The van der Waals surface area contributed by atoms with Gasteiger partial charge in [-0.15, -0.1) is 0 Å². The zero-order chi connectivity index (χ0) is 15.6. The first kappa shape index (κ1) is 15.3. The quantitative estimate of drug-likeness (QED) is 0.857. The molecule has 0 unspecified atom stereocenters. The fourth-order valence-electron chi connectivity index (χ4n) is 2.30. The number of rotatable bonds is 2. The maximum absolute atomic E-state index is 12.7. The number of carbonyl (C=O) groups excluding carboxylic acids is 1. The minimum absolute atomic E-state index is 0.0417. The molecule has 6 nitrogen and oxygen atoms in total. The van der Waals surface area contributed by atoms with Crippen LogP contribution in [0.15, 0.2) is 6.07 Å².